The highest BCUT2D eigenvalue weighted by Crippen LogP contribution is 2.18. The topological polar surface area (TPSA) is 111 Å². The largest absolute Gasteiger partial charge is 0.379 e. The summed E-state index contributed by atoms with van der Waals surface area (Å²) in [4.78, 5) is 20.6. The van der Waals surface area contributed by atoms with E-state index in [4.69, 9.17) is 14.0 Å². The Labute approximate surface area is 151 Å². The second-order valence-corrected chi connectivity index (χ2v) is 6.14. The molecule has 3 heterocycles. The molecule has 0 aromatic carbocycles. The van der Waals surface area contributed by atoms with Crippen LogP contribution < -0.4 is 10.6 Å². The average molecular weight is 361 g/mol. The Morgan fingerprint density at radius 3 is 2.77 bits per heavy atom. The first kappa shape index (κ1) is 18.3. The Hall–Kier alpha value is -2.52. The number of nitrogens with zero attached hydrogens (tertiary/aromatic N) is 3. The molecule has 1 aliphatic heterocycles. The van der Waals surface area contributed by atoms with Crippen molar-refractivity contribution < 1.29 is 18.8 Å². The van der Waals surface area contributed by atoms with Gasteiger partial charge in [0.15, 0.2) is 0 Å². The molecule has 1 fully saturated rings. The molecule has 140 valence electrons. The Balaban J connectivity index is 1.61. The van der Waals surface area contributed by atoms with Crippen LogP contribution in [-0.2, 0) is 16.1 Å². The summed E-state index contributed by atoms with van der Waals surface area (Å²) in [6.45, 7) is 5.12. The van der Waals surface area contributed by atoms with Crippen LogP contribution in [0.4, 0.5) is 5.95 Å². The number of hydrogen-bond donors (Lipinski definition) is 2. The molecule has 2 aromatic heterocycles. The van der Waals surface area contributed by atoms with Crippen LogP contribution in [-0.4, -0.2) is 53.4 Å². The van der Waals surface area contributed by atoms with E-state index in [-0.39, 0.29) is 18.1 Å². The number of ether oxygens (including phenoxy) is 2. The van der Waals surface area contributed by atoms with Crippen molar-refractivity contribution >= 4 is 11.9 Å². The first-order valence-corrected chi connectivity index (χ1v) is 8.50. The fraction of sp³-hybridized carbons (Fsp3) is 0.529. The molecule has 9 heteroatoms. The van der Waals surface area contributed by atoms with Crippen LogP contribution in [0.2, 0.25) is 0 Å². The molecule has 1 aliphatic rings. The summed E-state index contributed by atoms with van der Waals surface area (Å²) in [5, 5.41) is 9.70. The number of aryl methyl sites for hydroxylation is 2. The zero-order chi connectivity index (χ0) is 18.5. The quantitative estimate of drug-likeness (QED) is 0.790. The molecule has 3 rings (SSSR count). The molecule has 0 bridgehead atoms. The molecule has 0 unspecified atom stereocenters. The van der Waals surface area contributed by atoms with E-state index in [2.05, 4.69) is 25.8 Å². The van der Waals surface area contributed by atoms with Crippen LogP contribution in [0.5, 0.6) is 0 Å². The predicted octanol–water partition coefficient (Wildman–Crippen LogP) is 1.23. The smallest absolute Gasteiger partial charge is 0.254 e. The Morgan fingerprint density at radius 2 is 2.12 bits per heavy atom. The molecule has 0 radical (unpaired) electrons. The standard InChI is InChI=1S/C17H23N5O4/c1-10-13(11(2)26-22-10)8-25-15-4-5-24-9-14(15)21-16(23)12-6-19-17(18-3)20-7-12/h6-7,14-15H,4-5,8-9H2,1-3H3,(H,21,23)(H,18,19,20)/t14-,15+/m1/s1. The molecule has 2 aromatic rings. The summed E-state index contributed by atoms with van der Waals surface area (Å²) >= 11 is 0. The second-order valence-electron chi connectivity index (χ2n) is 6.14. The van der Waals surface area contributed by atoms with Crippen molar-refractivity contribution in [3.63, 3.8) is 0 Å². The minimum Gasteiger partial charge on any atom is -0.379 e. The molecule has 0 aliphatic carbocycles. The summed E-state index contributed by atoms with van der Waals surface area (Å²) in [5.74, 6) is 0.953. The molecule has 0 spiro atoms. The number of carbonyl (C=O) groups excluding carboxylic acids is 1. The first-order chi connectivity index (χ1) is 12.6. The fourth-order valence-electron chi connectivity index (χ4n) is 2.78. The number of carbonyl (C=O) groups is 1. The van der Waals surface area contributed by atoms with Gasteiger partial charge in [0.05, 0.1) is 36.6 Å². The molecule has 26 heavy (non-hydrogen) atoms. The van der Waals surface area contributed by atoms with Crippen LogP contribution >= 0.6 is 0 Å². The fourth-order valence-corrected chi connectivity index (χ4v) is 2.78. The number of amides is 1. The lowest BCUT2D eigenvalue weighted by molar-refractivity contribution is -0.0608. The SMILES string of the molecule is CNc1ncc(C(=O)N[C@@H]2COCC[C@@H]2OCc2c(C)noc2C)cn1. The molecular weight excluding hydrogens is 338 g/mol. The molecular formula is C17H23N5O4. The number of nitrogens with one attached hydrogen (secondary N) is 2. The average Bonchev–Trinajstić information content (AvgIpc) is 2.99. The van der Waals surface area contributed by atoms with E-state index in [1.165, 1.54) is 12.4 Å². The van der Waals surface area contributed by atoms with E-state index < -0.39 is 0 Å². The Morgan fingerprint density at radius 1 is 1.35 bits per heavy atom. The van der Waals surface area contributed by atoms with Gasteiger partial charge >= 0.3 is 0 Å². The van der Waals surface area contributed by atoms with Crippen LogP contribution in [0, 0.1) is 13.8 Å². The highest BCUT2D eigenvalue weighted by molar-refractivity contribution is 5.93. The lowest BCUT2D eigenvalue weighted by Crippen LogP contribution is -2.50. The van der Waals surface area contributed by atoms with Crippen LogP contribution in [0.3, 0.4) is 0 Å². The molecule has 2 atom stereocenters. The van der Waals surface area contributed by atoms with E-state index in [1.54, 1.807) is 7.05 Å². The van der Waals surface area contributed by atoms with E-state index in [0.717, 1.165) is 17.0 Å². The van der Waals surface area contributed by atoms with Crippen molar-refractivity contribution in [3.8, 4) is 0 Å². The highest BCUT2D eigenvalue weighted by atomic mass is 16.5. The Kier molecular flexibility index (Phi) is 5.79. The lowest BCUT2D eigenvalue weighted by Gasteiger charge is -2.32. The van der Waals surface area contributed by atoms with Gasteiger partial charge in [-0.2, -0.15) is 0 Å². The maximum atomic E-state index is 12.5. The van der Waals surface area contributed by atoms with Crippen LogP contribution in [0.1, 0.15) is 33.8 Å². The molecule has 1 saturated heterocycles. The van der Waals surface area contributed by atoms with Crippen molar-refractivity contribution in [2.75, 3.05) is 25.6 Å². The van der Waals surface area contributed by atoms with Gasteiger partial charge in [0, 0.05) is 31.6 Å². The van der Waals surface area contributed by atoms with E-state index in [9.17, 15) is 4.79 Å². The predicted molar refractivity (Wildman–Crippen MR) is 92.8 cm³/mol. The maximum absolute atomic E-state index is 12.5. The van der Waals surface area contributed by atoms with Crippen LogP contribution in [0.25, 0.3) is 0 Å². The third kappa shape index (κ3) is 4.17. The van der Waals surface area contributed by atoms with Gasteiger partial charge in [0.25, 0.3) is 5.91 Å². The summed E-state index contributed by atoms with van der Waals surface area (Å²) in [5.41, 5.74) is 2.15. The molecule has 2 N–H and O–H groups in total. The summed E-state index contributed by atoms with van der Waals surface area (Å²) < 4.78 is 16.7. The minimum absolute atomic E-state index is 0.154. The van der Waals surface area contributed by atoms with Crippen LogP contribution in [0.15, 0.2) is 16.9 Å². The summed E-state index contributed by atoms with van der Waals surface area (Å²) in [6.07, 6.45) is 3.51. The zero-order valence-corrected chi connectivity index (χ0v) is 15.1. The normalized spacial score (nSPS) is 20.0. The first-order valence-electron chi connectivity index (χ1n) is 8.50. The third-order valence-electron chi connectivity index (χ3n) is 4.37. The lowest BCUT2D eigenvalue weighted by atomic mass is 10.1. The minimum atomic E-state index is -0.255. The molecule has 9 nitrogen and oxygen atoms in total. The van der Waals surface area contributed by atoms with Crippen molar-refractivity contribution in [1.82, 2.24) is 20.4 Å². The number of rotatable bonds is 6. The van der Waals surface area contributed by atoms with Gasteiger partial charge in [0.1, 0.15) is 5.76 Å². The van der Waals surface area contributed by atoms with Gasteiger partial charge in [-0.3, -0.25) is 4.79 Å². The number of hydrogen-bond acceptors (Lipinski definition) is 8. The Bertz CT molecular complexity index is 727. The highest BCUT2D eigenvalue weighted by Gasteiger charge is 2.29. The van der Waals surface area contributed by atoms with Gasteiger partial charge in [-0.05, 0) is 20.3 Å². The van der Waals surface area contributed by atoms with E-state index in [1.807, 2.05) is 13.8 Å². The number of aromatic nitrogens is 3. The van der Waals surface area contributed by atoms with Crippen molar-refractivity contribution in [1.29, 1.82) is 0 Å². The third-order valence-corrected chi connectivity index (χ3v) is 4.37. The second kappa shape index (κ2) is 8.24. The van der Waals surface area contributed by atoms with Gasteiger partial charge in [-0.15, -0.1) is 0 Å². The van der Waals surface area contributed by atoms with Gasteiger partial charge in [-0.25, -0.2) is 9.97 Å². The summed E-state index contributed by atoms with van der Waals surface area (Å²) in [7, 11) is 1.72. The molecule has 1 amide bonds. The van der Waals surface area contributed by atoms with Crippen molar-refractivity contribution in [2.24, 2.45) is 0 Å². The van der Waals surface area contributed by atoms with E-state index in [0.29, 0.717) is 37.8 Å². The zero-order valence-electron chi connectivity index (χ0n) is 15.1. The van der Waals surface area contributed by atoms with Gasteiger partial charge in [-0.1, -0.05) is 5.16 Å². The van der Waals surface area contributed by atoms with E-state index >= 15 is 0 Å². The van der Waals surface area contributed by atoms with Gasteiger partial charge < -0.3 is 24.6 Å². The van der Waals surface area contributed by atoms with Gasteiger partial charge in [0.2, 0.25) is 5.95 Å². The summed E-state index contributed by atoms with van der Waals surface area (Å²) in [6, 6.07) is -0.249. The van der Waals surface area contributed by atoms with Crippen molar-refractivity contribution in [3.05, 3.63) is 35.0 Å². The molecule has 0 saturated carbocycles. The maximum Gasteiger partial charge on any atom is 0.254 e. The number of anilines is 1. The monoisotopic (exact) mass is 361 g/mol. The van der Waals surface area contributed by atoms with Crippen molar-refractivity contribution in [2.45, 2.75) is 39.0 Å².